The van der Waals surface area contributed by atoms with Gasteiger partial charge in [0.2, 0.25) is 5.89 Å². The second kappa shape index (κ2) is 5.60. The van der Waals surface area contributed by atoms with Gasteiger partial charge in [-0.3, -0.25) is 0 Å². The molecule has 0 atom stereocenters. The summed E-state index contributed by atoms with van der Waals surface area (Å²) in [4.78, 5) is 4.42. The lowest BCUT2D eigenvalue weighted by Gasteiger charge is -2.06. The van der Waals surface area contributed by atoms with Gasteiger partial charge in [0, 0.05) is 17.5 Å². The number of hydrogen-bond donors (Lipinski definition) is 0. The van der Waals surface area contributed by atoms with E-state index in [4.69, 9.17) is 9.26 Å². The molecule has 0 saturated carbocycles. The predicted octanol–water partition coefficient (Wildman–Crippen LogP) is 3.59. The first-order chi connectivity index (χ1) is 10.2. The van der Waals surface area contributed by atoms with Gasteiger partial charge in [0.1, 0.15) is 5.75 Å². The average molecular weight is 285 g/mol. The highest BCUT2D eigenvalue weighted by Crippen LogP contribution is 2.27. The fourth-order valence-corrected chi connectivity index (χ4v) is 2.33. The number of hydrogen-bond acceptors (Lipinski definition) is 4. The third kappa shape index (κ3) is 2.63. The Balaban J connectivity index is 1.92. The van der Waals surface area contributed by atoms with Gasteiger partial charge in [-0.15, -0.1) is 0 Å². The van der Waals surface area contributed by atoms with Crippen LogP contribution in [0.3, 0.4) is 0 Å². The van der Waals surface area contributed by atoms with E-state index in [1.54, 1.807) is 0 Å². The molecule has 0 spiro atoms. The Morgan fingerprint density at radius 1 is 1.29 bits per heavy atom. The van der Waals surface area contributed by atoms with E-state index in [1.165, 1.54) is 0 Å². The topological polar surface area (TPSA) is 53.1 Å². The van der Waals surface area contributed by atoms with Crippen molar-refractivity contribution in [2.75, 3.05) is 6.61 Å². The smallest absolute Gasteiger partial charge is 0.229 e. The maximum atomic E-state index is 5.66. The standard InChI is InChI=1S/C16H19N3O2/c1-4-20-14-7-5-6-13-12(14)8-9-19(13)10-15-17-16(11(2)3)21-18-15/h5-9,11H,4,10H2,1-3H3. The van der Waals surface area contributed by atoms with Crippen LogP contribution in [0.1, 0.15) is 38.4 Å². The molecule has 0 aliphatic carbocycles. The third-order valence-corrected chi connectivity index (χ3v) is 3.36. The minimum absolute atomic E-state index is 0.247. The van der Waals surface area contributed by atoms with Crippen molar-refractivity contribution in [1.29, 1.82) is 0 Å². The molecular weight excluding hydrogens is 266 g/mol. The summed E-state index contributed by atoms with van der Waals surface area (Å²) < 4.78 is 13.0. The van der Waals surface area contributed by atoms with Gasteiger partial charge in [-0.05, 0) is 25.1 Å². The molecule has 0 aliphatic heterocycles. The minimum Gasteiger partial charge on any atom is -0.493 e. The van der Waals surface area contributed by atoms with Gasteiger partial charge in [0.05, 0.1) is 18.7 Å². The van der Waals surface area contributed by atoms with Crippen LogP contribution < -0.4 is 4.74 Å². The van der Waals surface area contributed by atoms with Crippen molar-refractivity contribution in [1.82, 2.24) is 14.7 Å². The summed E-state index contributed by atoms with van der Waals surface area (Å²) in [6, 6.07) is 8.12. The molecule has 110 valence electrons. The number of nitrogens with zero attached hydrogens (tertiary/aromatic N) is 3. The van der Waals surface area contributed by atoms with Crippen molar-refractivity contribution in [3.63, 3.8) is 0 Å². The fraction of sp³-hybridized carbons (Fsp3) is 0.375. The summed E-state index contributed by atoms with van der Waals surface area (Å²) in [5.41, 5.74) is 1.11. The van der Waals surface area contributed by atoms with Crippen LogP contribution in [0.2, 0.25) is 0 Å². The highest BCUT2D eigenvalue weighted by atomic mass is 16.5. The highest BCUT2D eigenvalue weighted by molar-refractivity contribution is 5.86. The molecule has 2 heterocycles. The van der Waals surface area contributed by atoms with Crippen LogP contribution in [0.4, 0.5) is 0 Å². The molecule has 0 bridgehead atoms. The predicted molar refractivity (Wildman–Crippen MR) is 80.6 cm³/mol. The molecule has 5 heteroatoms. The van der Waals surface area contributed by atoms with Gasteiger partial charge in [-0.25, -0.2) is 0 Å². The van der Waals surface area contributed by atoms with Crippen molar-refractivity contribution in [3.8, 4) is 5.75 Å². The fourth-order valence-electron chi connectivity index (χ4n) is 2.33. The van der Waals surface area contributed by atoms with Crippen molar-refractivity contribution >= 4 is 10.9 Å². The van der Waals surface area contributed by atoms with E-state index in [-0.39, 0.29) is 5.92 Å². The first kappa shape index (κ1) is 13.7. The normalized spacial score (nSPS) is 11.4. The number of aromatic nitrogens is 3. The van der Waals surface area contributed by atoms with Crippen LogP contribution in [-0.4, -0.2) is 21.3 Å². The molecule has 3 aromatic rings. The quantitative estimate of drug-likeness (QED) is 0.718. The monoisotopic (exact) mass is 285 g/mol. The van der Waals surface area contributed by atoms with Crippen LogP contribution >= 0.6 is 0 Å². The number of benzene rings is 1. The summed E-state index contributed by atoms with van der Waals surface area (Å²) >= 11 is 0. The van der Waals surface area contributed by atoms with Crippen molar-refractivity contribution < 1.29 is 9.26 Å². The van der Waals surface area contributed by atoms with E-state index in [1.807, 2.05) is 39.1 Å². The van der Waals surface area contributed by atoms with Crippen LogP contribution in [0.25, 0.3) is 10.9 Å². The van der Waals surface area contributed by atoms with Crippen molar-refractivity contribution in [2.45, 2.75) is 33.2 Å². The molecule has 0 radical (unpaired) electrons. The zero-order valence-electron chi connectivity index (χ0n) is 12.5. The molecule has 3 rings (SSSR count). The van der Waals surface area contributed by atoms with Crippen LogP contribution in [0.15, 0.2) is 35.0 Å². The molecule has 0 saturated heterocycles. The molecule has 0 unspecified atom stereocenters. The molecule has 0 N–H and O–H groups in total. The molecule has 0 amide bonds. The highest BCUT2D eigenvalue weighted by Gasteiger charge is 2.12. The van der Waals surface area contributed by atoms with Crippen LogP contribution in [-0.2, 0) is 6.54 Å². The largest absolute Gasteiger partial charge is 0.493 e. The lowest BCUT2D eigenvalue weighted by molar-refractivity contribution is 0.344. The zero-order valence-corrected chi connectivity index (χ0v) is 12.5. The van der Waals surface area contributed by atoms with E-state index >= 15 is 0 Å². The Labute approximate surface area is 123 Å². The first-order valence-electron chi connectivity index (χ1n) is 7.22. The summed E-state index contributed by atoms with van der Waals surface area (Å²) in [7, 11) is 0. The van der Waals surface area contributed by atoms with Crippen molar-refractivity contribution in [3.05, 3.63) is 42.2 Å². The van der Waals surface area contributed by atoms with E-state index in [9.17, 15) is 0 Å². The zero-order chi connectivity index (χ0) is 14.8. The second-order valence-corrected chi connectivity index (χ2v) is 5.27. The van der Waals surface area contributed by atoms with Crippen LogP contribution in [0, 0.1) is 0 Å². The minimum atomic E-state index is 0.247. The van der Waals surface area contributed by atoms with Gasteiger partial charge in [0.25, 0.3) is 0 Å². The molecule has 0 fully saturated rings. The van der Waals surface area contributed by atoms with E-state index in [0.29, 0.717) is 24.9 Å². The van der Waals surface area contributed by atoms with Crippen molar-refractivity contribution in [2.24, 2.45) is 0 Å². The lowest BCUT2D eigenvalue weighted by Crippen LogP contribution is -2.00. The van der Waals surface area contributed by atoms with Crippen LogP contribution in [0.5, 0.6) is 5.75 Å². The lowest BCUT2D eigenvalue weighted by atomic mass is 10.2. The first-order valence-corrected chi connectivity index (χ1v) is 7.22. The molecule has 1 aromatic carbocycles. The summed E-state index contributed by atoms with van der Waals surface area (Å²) in [5, 5.41) is 5.14. The average Bonchev–Trinajstić information content (AvgIpc) is 3.08. The molecule has 5 nitrogen and oxygen atoms in total. The number of ether oxygens (including phenoxy) is 1. The van der Waals surface area contributed by atoms with Gasteiger partial charge in [0.15, 0.2) is 5.82 Å². The molecule has 21 heavy (non-hydrogen) atoms. The SMILES string of the molecule is CCOc1cccc2c1ccn2Cc1noc(C(C)C)n1. The summed E-state index contributed by atoms with van der Waals surface area (Å²) in [5.74, 6) is 2.52. The Kier molecular flexibility index (Phi) is 3.64. The van der Waals surface area contributed by atoms with Gasteiger partial charge >= 0.3 is 0 Å². The number of rotatable bonds is 5. The van der Waals surface area contributed by atoms with Gasteiger partial charge in [-0.2, -0.15) is 4.98 Å². The Bertz CT molecular complexity index is 743. The summed E-state index contributed by atoms with van der Waals surface area (Å²) in [6.45, 7) is 7.32. The maximum absolute atomic E-state index is 5.66. The Morgan fingerprint density at radius 2 is 2.14 bits per heavy atom. The molecular formula is C16H19N3O2. The van der Waals surface area contributed by atoms with E-state index in [2.05, 4.69) is 26.8 Å². The Hall–Kier alpha value is -2.30. The summed E-state index contributed by atoms with van der Waals surface area (Å²) in [6.07, 6.45) is 2.03. The third-order valence-electron chi connectivity index (χ3n) is 3.36. The van der Waals surface area contributed by atoms with E-state index in [0.717, 1.165) is 16.7 Å². The van der Waals surface area contributed by atoms with E-state index < -0.39 is 0 Å². The maximum Gasteiger partial charge on any atom is 0.229 e. The second-order valence-electron chi connectivity index (χ2n) is 5.27. The molecule has 2 aromatic heterocycles. The Morgan fingerprint density at radius 3 is 2.86 bits per heavy atom. The molecule has 0 aliphatic rings. The number of fused-ring (bicyclic) bond motifs is 1. The van der Waals surface area contributed by atoms with Gasteiger partial charge < -0.3 is 13.8 Å². The van der Waals surface area contributed by atoms with Gasteiger partial charge in [-0.1, -0.05) is 25.1 Å².